The Balaban J connectivity index is 2.48. The third kappa shape index (κ3) is 2.80. The van der Waals surface area contributed by atoms with E-state index in [0.29, 0.717) is 30.6 Å². The van der Waals surface area contributed by atoms with Crippen molar-refractivity contribution in [3.05, 3.63) is 0 Å². The molecule has 0 aromatic heterocycles. The van der Waals surface area contributed by atoms with E-state index >= 15 is 0 Å². The van der Waals surface area contributed by atoms with Crippen molar-refractivity contribution in [2.24, 2.45) is 17.6 Å². The summed E-state index contributed by atoms with van der Waals surface area (Å²) in [6, 6.07) is 0. The molecule has 2 unspecified atom stereocenters. The first kappa shape index (κ1) is 10.7. The highest BCUT2D eigenvalue weighted by molar-refractivity contribution is 5.81. The monoisotopic (exact) mass is 183 g/mol. The van der Waals surface area contributed by atoms with Crippen molar-refractivity contribution >= 4 is 5.78 Å². The number of carbonyl (C=O) groups is 1. The molecule has 0 heterocycles. The molecule has 0 bridgehead atoms. The molecule has 1 aliphatic rings. The van der Waals surface area contributed by atoms with E-state index in [2.05, 4.69) is 6.92 Å². The van der Waals surface area contributed by atoms with Gasteiger partial charge in [-0.2, -0.15) is 0 Å². The molecule has 13 heavy (non-hydrogen) atoms. The van der Waals surface area contributed by atoms with Crippen LogP contribution >= 0.6 is 0 Å². The maximum Gasteiger partial charge on any atom is 0.137 e. The Hall–Kier alpha value is -0.370. The molecule has 0 aromatic carbocycles. The van der Waals surface area contributed by atoms with Gasteiger partial charge in [-0.15, -0.1) is 0 Å². The van der Waals surface area contributed by atoms with Gasteiger partial charge in [-0.25, -0.2) is 0 Å². The highest BCUT2D eigenvalue weighted by Crippen LogP contribution is 2.33. The molecule has 1 rings (SSSR count). The average Bonchev–Trinajstić information content (AvgIpc) is 2.18. The van der Waals surface area contributed by atoms with Crippen LogP contribution in [0.5, 0.6) is 0 Å². The van der Waals surface area contributed by atoms with Gasteiger partial charge in [-0.3, -0.25) is 4.79 Å². The zero-order chi connectivity index (χ0) is 9.68. The lowest BCUT2D eigenvalue weighted by Gasteiger charge is -2.29. The summed E-state index contributed by atoms with van der Waals surface area (Å²) in [6.45, 7) is 2.71. The van der Waals surface area contributed by atoms with Gasteiger partial charge in [-0.1, -0.05) is 26.2 Å². The number of Topliss-reactive ketones (excluding diaryl/α,β-unsaturated/α-hetero) is 1. The van der Waals surface area contributed by atoms with Crippen LogP contribution in [0.1, 0.15) is 45.4 Å². The van der Waals surface area contributed by atoms with Crippen molar-refractivity contribution in [2.45, 2.75) is 45.4 Å². The fourth-order valence-corrected chi connectivity index (χ4v) is 2.45. The maximum absolute atomic E-state index is 11.7. The predicted octanol–water partition coefficient (Wildman–Crippen LogP) is 2.12. The molecule has 76 valence electrons. The van der Waals surface area contributed by atoms with Crippen molar-refractivity contribution in [3.63, 3.8) is 0 Å². The lowest BCUT2D eigenvalue weighted by atomic mass is 9.75. The number of nitrogens with two attached hydrogens (primary N) is 1. The van der Waals surface area contributed by atoms with E-state index in [1.54, 1.807) is 0 Å². The summed E-state index contributed by atoms with van der Waals surface area (Å²) in [7, 11) is 0. The molecule has 1 saturated carbocycles. The van der Waals surface area contributed by atoms with Gasteiger partial charge in [0.05, 0.1) is 0 Å². The third-order valence-electron chi connectivity index (χ3n) is 3.24. The summed E-state index contributed by atoms with van der Waals surface area (Å²) >= 11 is 0. The second-order valence-electron chi connectivity index (χ2n) is 4.06. The summed E-state index contributed by atoms with van der Waals surface area (Å²) in [6.07, 6.45) is 6.64. The van der Waals surface area contributed by atoms with E-state index in [1.807, 2.05) is 0 Å². The van der Waals surface area contributed by atoms with E-state index in [4.69, 9.17) is 5.73 Å². The molecule has 2 nitrogen and oxygen atoms in total. The van der Waals surface area contributed by atoms with Crippen LogP contribution in [0.3, 0.4) is 0 Å². The van der Waals surface area contributed by atoms with Crippen molar-refractivity contribution in [1.82, 2.24) is 0 Å². The lowest BCUT2D eigenvalue weighted by Crippen LogP contribution is -2.28. The molecule has 0 saturated heterocycles. The normalized spacial score (nSPS) is 28.8. The Morgan fingerprint density at radius 1 is 1.38 bits per heavy atom. The fraction of sp³-hybridized carbons (Fsp3) is 0.909. The molecule has 0 spiro atoms. The molecule has 1 fully saturated rings. The summed E-state index contributed by atoms with van der Waals surface area (Å²) in [5.41, 5.74) is 5.40. The van der Waals surface area contributed by atoms with Gasteiger partial charge < -0.3 is 5.73 Å². The van der Waals surface area contributed by atoms with Gasteiger partial charge >= 0.3 is 0 Å². The van der Waals surface area contributed by atoms with Crippen molar-refractivity contribution < 1.29 is 4.79 Å². The van der Waals surface area contributed by atoms with Crippen LogP contribution in [0, 0.1) is 11.8 Å². The number of rotatable bonds is 4. The first-order valence-corrected chi connectivity index (χ1v) is 5.52. The third-order valence-corrected chi connectivity index (χ3v) is 3.24. The lowest BCUT2D eigenvalue weighted by molar-refractivity contribution is -0.125. The minimum Gasteiger partial charge on any atom is -0.330 e. The molecule has 0 amide bonds. The summed E-state index contributed by atoms with van der Waals surface area (Å²) < 4.78 is 0. The standard InChI is InChI=1S/C11H21NO/c1-2-9-5-3-4-6-10(9)11(13)7-8-12/h9-10H,2-8,12H2,1H3. The second kappa shape index (κ2) is 5.38. The minimum absolute atomic E-state index is 0.335. The molecule has 0 radical (unpaired) electrons. The largest absolute Gasteiger partial charge is 0.330 e. The topological polar surface area (TPSA) is 43.1 Å². The Bertz CT molecular complexity index is 167. The highest BCUT2D eigenvalue weighted by atomic mass is 16.1. The zero-order valence-electron chi connectivity index (χ0n) is 8.59. The SMILES string of the molecule is CCC1CCCCC1C(=O)CCN. The number of carbonyl (C=O) groups excluding carboxylic acids is 1. The van der Waals surface area contributed by atoms with Gasteiger partial charge in [0, 0.05) is 12.3 Å². The van der Waals surface area contributed by atoms with Crippen LogP contribution in [0.25, 0.3) is 0 Å². The van der Waals surface area contributed by atoms with Gasteiger partial charge in [0.25, 0.3) is 0 Å². The average molecular weight is 183 g/mol. The molecular weight excluding hydrogens is 162 g/mol. The molecule has 1 aliphatic carbocycles. The van der Waals surface area contributed by atoms with Crippen LogP contribution < -0.4 is 5.73 Å². The number of hydrogen-bond acceptors (Lipinski definition) is 2. The van der Waals surface area contributed by atoms with Crippen molar-refractivity contribution in [1.29, 1.82) is 0 Å². The minimum atomic E-state index is 0.335. The quantitative estimate of drug-likeness (QED) is 0.725. The Kier molecular flexibility index (Phi) is 4.43. The fourth-order valence-electron chi connectivity index (χ4n) is 2.45. The van der Waals surface area contributed by atoms with Crippen LogP contribution in [0.4, 0.5) is 0 Å². The van der Waals surface area contributed by atoms with Crippen molar-refractivity contribution in [3.8, 4) is 0 Å². The second-order valence-corrected chi connectivity index (χ2v) is 4.06. The van der Waals surface area contributed by atoms with Gasteiger partial charge in [0.15, 0.2) is 0 Å². The zero-order valence-corrected chi connectivity index (χ0v) is 8.59. The molecule has 2 heteroatoms. The Morgan fingerprint density at radius 2 is 2.08 bits per heavy atom. The summed E-state index contributed by atoms with van der Waals surface area (Å²) in [5.74, 6) is 1.39. The van der Waals surface area contributed by atoms with E-state index in [1.165, 1.54) is 19.3 Å². The Labute approximate surface area is 80.9 Å². The number of ketones is 1. The van der Waals surface area contributed by atoms with E-state index in [0.717, 1.165) is 12.8 Å². The predicted molar refractivity (Wildman–Crippen MR) is 54.4 cm³/mol. The molecular formula is C11H21NO. The molecule has 2 N–H and O–H groups in total. The highest BCUT2D eigenvalue weighted by Gasteiger charge is 2.28. The first-order chi connectivity index (χ1) is 6.29. The van der Waals surface area contributed by atoms with Gasteiger partial charge in [0.1, 0.15) is 5.78 Å². The van der Waals surface area contributed by atoms with Crippen LogP contribution in [-0.4, -0.2) is 12.3 Å². The number of hydrogen-bond donors (Lipinski definition) is 1. The van der Waals surface area contributed by atoms with Crippen LogP contribution in [-0.2, 0) is 4.79 Å². The van der Waals surface area contributed by atoms with E-state index in [-0.39, 0.29) is 0 Å². The maximum atomic E-state index is 11.7. The summed E-state index contributed by atoms with van der Waals surface area (Å²) in [5, 5.41) is 0. The molecule has 0 aliphatic heterocycles. The smallest absolute Gasteiger partial charge is 0.137 e. The van der Waals surface area contributed by atoms with E-state index < -0.39 is 0 Å². The first-order valence-electron chi connectivity index (χ1n) is 5.52. The van der Waals surface area contributed by atoms with Gasteiger partial charge in [-0.05, 0) is 25.3 Å². The molecule has 2 atom stereocenters. The molecule has 0 aromatic rings. The van der Waals surface area contributed by atoms with Crippen LogP contribution in [0.15, 0.2) is 0 Å². The Morgan fingerprint density at radius 3 is 2.69 bits per heavy atom. The van der Waals surface area contributed by atoms with Gasteiger partial charge in [0.2, 0.25) is 0 Å². The van der Waals surface area contributed by atoms with E-state index in [9.17, 15) is 4.79 Å². The summed E-state index contributed by atoms with van der Waals surface area (Å²) in [4.78, 5) is 11.7. The van der Waals surface area contributed by atoms with Crippen molar-refractivity contribution in [2.75, 3.05) is 6.54 Å². The van der Waals surface area contributed by atoms with Crippen LogP contribution in [0.2, 0.25) is 0 Å².